The molecule has 1 aliphatic heterocycles. The predicted molar refractivity (Wildman–Crippen MR) is 102 cm³/mol. The third kappa shape index (κ3) is 3.82. The molecule has 2 aliphatic rings. The van der Waals surface area contributed by atoms with Gasteiger partial charge in [0.05, 0.1) is 30.0 Å². The van der Waals surface area contributed by atoms with Crippen molar-refractivity contribution in [2.24, 2.45) is 0 Å². The molecule has 1 saturated carbocycles. The Kier molecular flexibility index (Phi) is 5.51. The molecule has 0 unspecified atom stereocenters. The molecule has 2 aromatic rings. The van der Waals surface area contributed by atoms with E-state index >= 15 is 0 Å². The van der Waals surface area contributed by atoms with E-state index in [1.165, 1.54) is 42.5 Å². The van der Waals surface area contributed by atoms with Crippen molar-refractivity contribution in [2.75, 3.05) is 32.8 Å². The Morgan fingerprint density at radius 2 is 2.08 bits per heavy atom. The Labute approximate surface area is 153 Å². The van der Waals surface area contributed by atoms with Crippen LogP contribution < -0.4 is 5.32 Å². The number of hydrogen-bond acceptors (Lipinski definition) is 5. The first-order valence-corrected chi connectivity index (χ1v) is 10.4. The maximum Gasteiger partial charge on any atom is 0.0794 e. The Hall–Kier alpha value is -1.21. The van der Waals surface area contributed by atoms with E-state index in [-0.39, 0.29) is 0 Å². The van der Waals surface area contributed by atoms with Gasteiger partial charge in [-0.05, 0) is 24.3 Å². The van der Waals surface area contributed by atoms with E-state index in [9.17, 15) is 0 Å². The molecular weight excluding hydrogens is 332 g/mol. The number of thiophene rings is 1. The summed E-state index contributed by atoms with van der Waals surface area (Å²) in [6.07, 6.45) is 8.67. The van der Waals surface area contributed by atoms with Gasteiger partial charge < -0.3 is 10.1 Å². The Morgan fingerprint density at radius 1 is 1.24 bits per heavy atom. The summed E-state index contributed by atoms with van der Waals surface area (Å²) in [5.41, 5.74) is 2.73. The van der Waals surface area contributed by atoms with Gasteiger partial charge in [-0.15, -0.1) is 11.3 Å². The smallest absolute Gasteiger partial charge is 0.0794 e. The van der Waals surface area contributed by atoms with E-state index < -0.39 is 0 Å². The maximum absolute atomic E-state index is 5.58. The van der Waals surface area contributed by atoms with Gasteiger partial charge in [0.15, 0.2) is 0 Å². The molecule has 1 saturated heterocycles. The van der Waals surface area contributed by atoms with Gasteiger partial charge >= 0.3 is 0 Å². The van der Waals surface area contributed by atoms with Crippen molar-refractivity contribution in [1.82, 2.24) is 20.4 Å². The summed E-state index contributed by atoms with van der Waals surface area (Å²) >= 11 is 1.76. The average Bonchev–Trinajstić information content (AvgIpc) is 3.35. The van der Waals surface area contributed by atoms with Crippen LogP contribution >= 0.6 is 11.3 Å². The number of nitrogens with one attached hydrogen (secondary N) is 2. The molecule has 0 amide bonds. The molecule has 4 rings (SSSR count). The SMILES string of the molecule is c1csc(-c2[nH]ncc2CNCC2(N3CCOCC3)CCCCC2)c1. The van der Waals surface area contributed by atoms with Crippen LogP contribution in [-0.4, -0.2) is 53.5 Å². The first-order valence-electron chi connectivity index (χ1n) is 9.47. The summed E-state index contributed by atoms with van der Waals surface area (Å²) in [5.74, 6) is 0. The summed E-state index contributed by atoms with van der Waals surface area (Å²) in [6.45, 7) is 5.84. The topological polar surface area (TPSA) is 53.2 Å². The van der Waals surface area contributed by atoms with E-state index in [2.05, 4.69) is 37.9 Å². The van der Waals surface area contributed by atoms with Crippen LogP contribution in [-0.2, 0) is 11.3 Å². The largest absolute Gasteiger partial charge is 0.379 e. The molecular formula is C19H28N4OS. The normalized spacial score (nSPS) is 21.4. The predicted octanol–water partition coefficient (Wildman–Crippen LogP) is 3.26. The maximum atomic E-state index is 5.58. The molecule has 2 aromatic heterocycles. The van der Waals surface area contributed by atoms with E-state index in [1.54, 1.807) is 11.3 Å². The molecule has 1 aliphatic carbocycles. The zero-order valence-corrected chi connectivity index (χ0v) is 15.6. The van der Waals surface area contributed by atoms with E-state index in [0.29, 0.717) is 5.54 Å². The monoisotopic (exact) mass is 360 g/mol. The van der Waals surface area contributed by atoms with Crippen molar-refractivity contribution < 1.29 is 4.74 Å². The number of H-pyrrole nitrogens is 1. The van der Waals surface area contributed by atoms with Crippen molar-refractivity contribution in [3.8, 4) is 10.6 Å². The summed E-state index contributed by atoms with van der Waals surface area (Å²) in [5, 5.41) is 13.3. The minimum Gasteiger partial charge on any atom is -0.379 e. The Balaban J connectivity index is 1.41. The Morgan fingerprint density at radius 3 is 2.84 bits per heavy atom. The lowest BCUT2D eigenvalue weighted by Gasteiger charge is -2.48. The van der Waals surface area contributed by atoms with Crippen LogP contribution in [0.1, 0.15) is 37.7 Å². The fourth-order valence-electron chi connectivity index (χ4n) is 4.36. The highest BCUT2D eigenvalue weighted by molar-refractivity contribution is 7.13. The average molecular weight is 361 g/mol. The fraction of sp³-hybridized carbons (Fsp3) is 0.632. The van der Waals surface area contributed by atoms with Crippen LogP contribution in [0.15, 0.2) is 23.7 Å². The zero-order valence-electron chi connectivity index (χ0n) is 14.8. The van der Waals surface area contributed by atoms with Gasteiger partial charge in [0.2, 0.25) is 0 Å². The highest BCUT2D eigenvalue weighted by Crippen LogP contribution is 2.34. The summed E-state index contributed by atoms with van der Waals surface area (Å²) in [7, 11) is 0. The van der Waals surface area contributed by atoms with E-state index in [1.807, 2.05) is 6.20 Å². The lowest BCUT2D eigenvalue weighted by molar-refractivity contribution is -0.0369. The fourth-order valence-corrected chi connectivity index (χ4v) is 5.12. The number of hydrogen-bond donors (Lipinski definition) is 2. The second-order valence-corrected chi connectivity index (χ2v) is 8.18. The molecule has 6 heteroatoms. The van der Waals surface area contributed by atoms with Crippen LogP contribution in [0.2, 0.25) is 0 Å². The number of aromatic nitrogens is 2. The number of aromatic amines is 1. The van der Waals surface area contributed by atoms with Crippen molar-refractivity contribution in [3.63, 3.8) is 0 Å². The molecule has 0 aromatic carbocycles. The third-order valence-electron chi connectivity index (χ3n) is 5.72. The molecule has 0 atom stereocenters. The summed E-state index contributed by atoms with van der Waals surface area (Å²) in [4.78, 5) is 3.95. The number of nitrogens with zero attached hydrogens (tertiary/aromatic N) is 2. The molecule has 25 heavy (non-hydrogen) atoms. The van der Waals surface area contributed by atoms with Crippen LogP contribution in [0.5, 0.6) is 0 Å². The standard InChI is InChI=1S/C19H28N4OS/c1-2-6-19(7-3-1,23-8-10-24-11-9-23)15-20-13-16-14-21-22-18(16)17-5-4-12-25-17/h4-5,12,14,20H,1-3,6-11,13,15H2,(H,21,22). The Bertz CT molecular complexity index is 642. The lowest BCUT2D eigenvalue weighted by Crippen LogP contribution is -2.59. The van der Waals surface area contributed by atoms with E-state index in [4.69, 9.17) is 4.74 Å². The van der Waals surface area contributed by atoms with Gasteiger partial charge in [-0.3, -0.25) is 10.00 Å². The molecule has 5 nitrogen and oxygen atoms in total. The quantitative estimate of drug-likeness (QED) is 0.830. The second-order valence-electron chi connectivity index (χ2n) is 7.24. The highest BCUT2D eigenvalue weighted by Gasteiger charge is 2.38. The molecule has 2 fully saturated rings. The van der Waals surface area contributed by atoms with Gasteiger partial charge in [-0.1, -0.05) is 25.3 Å². The van der Waals surface area contributed by atoms with Crippen molar-refractivity contribution in [3.05, 3.63) is 29.3 Å². The second kappa shape index (κ2) is 7.99. The molecule has 136 valence electrons. The molecule has 0 radical (unpaired) electrons. The van der Waals surface area contributed by atoms with Crippen molar-refractivity contribution in [2.45, 2.75) is 44.2 Å². The first-order chi connectivity index (χ1) is 12.4. The summed E-state index contributed by atoms with van der Waals surface area (Å²) < 4.78 is 5.58. The molecule has 0 bridgehead atoms. The lowest BCUT2D eigenvalue weighted by atomic mass is 9.79. The highest BCUT2D eigenvalue weighted by atomic mass is 32.1. The van der Waals surface area contributed by atoms with Gasteiger partial charge in [0.25, 0.3) is 0 Å². The van der Waals surface area contributed by atoms with Crippen LogP contribution in [0, 0.1) is 0 Å². The zero-order chi connectivity index (χ0) is 17.0. The van der Waals surface area contributed by atoms with Crippen LogP contribution in [0.25, 0.3) is 10.6 Å². The van der Waals surface area contributed by atoms with Gasteiger partial charge in [0, 0.05) is 37.3 Å². The van der Waals surface area contributed by atoms with Crippen molar-refractivity contribution in [1.29, 1.82) is 0 Å². The minimum atomic E-state index is 0.314. The van der Waals surface area contributed by atoms with Crippen LogP contribution in [0.4, 0.5) is 0 Å². The minimum absolute atomic E-state index is 0.314. The third-order valence-corrected chi connectivity index (χ3v) is 6.61. The van der Waals surface area contributed by atoms with Gasteiger partial charge in [-0.25, -0.2) is 0 Å². The number of morpholine rings is 1. The van der Waals surface area contributed by atoms with Gasteiger partial charge in [-0.2, -0.15) is 5.10 Å². The number of ether oxygens (including phenoxy) is 1. The van der Waals surface area contributed by atoms with Crippen molar-refractivity contribution >= 4 is 11.3 Å². The molecule has 3 heterocycles. The van der Waals surface area contributed by atoms with E-state index in [0.717, 1.165) is 45.1 Å². The molecule has 2 N–H and O–H groups in total. The summed E-state index contributed by atoms with van der Waals surface area (Å²) in [6, 6.07) is 4.24. The van der Waals surface area contributed by atoms with Gasteiger partial charge in [0.1, 0.15) is 0 Å². The van der Waals surface area contributed by atoms with Crippen LogP contribution in [0.3, 0.4) is 0 Å². The number of rotatable bonds is 6. The first kappa shape index (κ1) is 17.2. The molecule has 0 spiro atoms.